The Morgan fingerprint density at radius 2 is 1.66 bits per heavy atom. The number of sulfonamides is 1. The highest BCUT2D eigenvalue weighted by molar-refractivity contribution is 9.10. The highest BCUT2D eigenvalue weighted by atomic mass is 79.9. The van der Waals surface area contributed by atoms with Gasteiger partial charge < -0.3 is 19.3 Å². The van der Waals surface area contributed by atoms with Gasteiger partial charge in [0.2, 0.25) is 5.76 Å². The maximum absolute atomic E-state index is 14.4. The van der Waals surface area contributed by atoms with Crippen molar-refractivity contribution < 1.29 is 27.5 Å². The monoisotopic (exact) mass is 693 g/mol. The number of carboxylic acids is 1. The number of hydrogen-bond donors (Lipinski definition) is 1. The normalized spacial score (nSPS) is 13.8. The van der Waals surface area contributed by atoms with Crippen molar-refractivity contribution in [1.82, 2.24) is 4.90 Å². The first-order chi connectivity index (χ1) is 21.2. The van der Waals surface area contributed by atoms with Crippen molar-refractivity contribution in [2.45, 2.75) is 11.3 Å². The van der Waals surface area contributed by atoms with E-state index in [1.165, 1.54) is 33.8 Å². The minimum Gasteiger partial charge on any atom is -0.475 e. The Balaban J connectivity index is 1.33. The van der Waals surface area contributed by atoms with Crippen molar-refractivity contribution in [3.8, 4) is 0 Å². The van der Waals surface area contributed by atoms with Crippen LogP contribution in [-0.4, -0.2) is 63.0 Å². The number of furan rings is 1. The molecular weight excluding hydrogens is 666 g/mol. The highest BCUT2D eigenvalue weighted by Gasteiger charge is 2.31. The number of carbonyl (C=O) groups is 2. The van der Waals surface area contributed by atoms with Gasteiger partial charge in [0, 0.05) is 48.6 Å². The minimum atomic E-state index is -4.12. The van der Waals surface area contributed by atoms with Crippen LogP contribution in [-0.2, 0) is 16.4 Å². The van der Waals surface area contributed by atoms with Crippen LogP contribution in [0.1, 0.15) is 25.8 Å². The number of fused-ring (bicyclic) bond motifs is 1. The molecule has 9 nitrogen and oxygen atoms in total. The zero-order chi connectivity index (χ0) is 30.8. The Morgan fingerprint density at radius 1 is 0.932 bits per heavy atom. The van der Waals surface area contributed by atoms with Gasteiger partial charge in [-0.3, -0.25) is 9.10 Å². The maximum atomic E-state index is 14.4. The quantitative estimate of drug-likeness (QED) is 0.191. The Bertz CT molecular complexity index is 1930. The second-order valence-corrected chi connectivity index (χ2v) is 13.9. The van der Waals surface area contributed by atoms with Crippen LogP contribution < -0.4 is 9.21 Å². The number of carbonyl (C=O) groups excluding carboxylic acids is 1. The van der Waals surface area contributed by atoms with Crippen LogP contribution in [0, 0.1) is 0 Å². The summed E-state index contributed by atoms with van der Waals surface area (Å²) >= 11 is 4.86. The summed E-state index contributed by atoms with van der Waals surface area (Å²) in [5.74, 6) is -1.51. The largest absolute Gasteiger partial charge is 0.475 e. The number of hydrogen-bond acceptors (Lipinski definition) is 7. The van der Waals surface area contributed by atoms with Crippen LogP contribution in [0.15, 0.2) is 104 Å². The second-order valence-electron chi connectivity index (χ2n) is 10.3. The summed E-state index contributed by atoms with van der Waals surface area (Å²) in [4.78, 5) is 29.1. The molecule has 0 spiro atoms. The predicted molar refractivity (Wildman–Crippen MR) is 174 cm³/mol. The van der Waals surface area contributed by atoms with E-state index in [1.54, 1.807) is 12.1 Å². The molecule has 44 heavy (non-hydrogen) atoms. The number of nitrogens with zero attached hydrogens (tertiary/aromatic N) is 3. The molecule has 1 N–H and O–H groups in total. The number of aromatic carboxylic acids is 1. The lowest BCUT2D eigenvalue weighted by atomic mass is 10.1. The third-order valence-corrected chi connectivity index (χ3v) is 11.2. The molecule has 5 aromatic rings. The van der Waals surface area contributed by atoms with Crippen LogP contribution in [0.2, 0.25) is 0 Å². The number of rotatable bonds is 9. The average Bonchev–Trinajstić information content (AvgIpc) is 3.67. The molecule has 0 aliphatic carbocycles. The van der Waals surface area contributed by atoms with E-state index in [0.717, 1.165) is 15.7 Å². The van der Waals surface area contributed by atoms with Crippen molar-refractivity contribution in [2.24, 2.45) is 0 Å². The van der Waals surface area contributed by atoms with Gasteiger partial charge in [-0.2, -0.15) is 0 Å². The predicted octanol–water partition coefficient (Wildman–Crippen LogP) is 6.36. The van der Waals surface area contributed by atoms with Gasteiger partial charge in [0.1, 0.15) is 10.5 Å². The van der Waals surface area contributed by atoms with Gasteiger partial charge in [-0.25, -0.2) is 13.2 Å². The van der Waals surface area contributed by atoms with Crippen molar-refractivity contribution >= 4 is 71.5 Å². The molecule has 12 heteroatoms. The van der Waals surface area contributed by atoms with E-state index < -0.39 is 16.0 Å². The van der Waals surface area contributed by atoms with Gasteiger partial charge in [-0.1, -0.05) is 42.5 Å². The van der Waals surface area contributed by atoms with Gasteiger partial charge in [-0.15, -0.1) is 11.3 Å². The number of thiophene rings is 1. The van der Waals surface area contributed by atoms with Crippen LogP contribution >= 0.6 is 27.3 Å². The molecule has 226 valence electrons. The standard InChI is InChI=1S/C32H28BrN3O6S2/c33-25-13-19-43-30(25)31(37)35-17-15-34(16-18-35)26-8-4-5-9-27(26)36(14-12-22-6-2-1-3-7-22)44(40,41)24-11-10-23-20-29(32(38)39)42-28(23)21-24/h1-11,13,19-21H,12,14-18H2,(H,38,39). The summed E-state index contributed by atoms with van der Waals surface area (Å²) in [7, 11) is -4.12. The molecule has 6 rings (SSSR count). The first-order valence-corrected chi connectivity index (χ1v) is 17.0. The smallest absolute Gasteiger partial charge is 0.371 e. The number of benzene rings is 3. The van der Waals surface area contributed by atoms with Crippen molar-refractivity contribution in [3.05, 3.63) is 111 Å². The van der Waals surface area contributed by atoms with E-state index in [0.29, 0.717) is 48.6 Å². The summed E-state index contributed by atoms with van der Waals surface area (Å²) in [6.45, 7) is 2.23. The van der Waals surface area contributed by atoms with E-state index in [2.05, 4.69) is 20.8 Å². The summed E-state index contributed by atoms with van der Waals surface area (Å²) in [5.41, 5.74) is 2.44. The van der Waals surface area contributed by atoms with Crippen molar-refractivity contribution in [2.75, 3.05) is 41.9 Å². The molecule has 0 unspecified atom stereocenters. The van der Waals surface area contributed by atoms with E-state index >= 15 is 0 Å². The zero-order valence-electron chi connectivity index (χ0n) is 23.4. The summed E-state index contributed by atoms with van der Waals surface area (Å²) < 4.78 is 36.4. The van der Waals surface area contributed by atoms with Gasteiger partial charge in [-0.05, 0) is 69.7 Å². The summed E-state index contributed by atoms with van der Waals surface area (Å²) in [6, 6.07) is 24.7. The summed E-state index contributed by atoms with van der Waals surface area (Å²) in [6.07, 6.45) is 0.471. The maximum Gasteiger partial charge on any atom is 0.371 e. The molecular formula is C32H28BrN3O6S2. The number of amides is 1. The van der Waals surface area contributed by atoms with Gasteiger partial charge in [0.25, 0.3) is 15.9 Å². The SMILES string of the molecule is O=C(O)c1cc2ccc(S(=O)(=O)N(CCc3ccccc3)c3ccccc3N3CCN(C(=O)c4sccc4Br)CC3)cc2o1. The third kappa shape index (κ3) is 5.97. The van der Waals surface area contributed by atoms with Gasteiger partial charge in [0.05, 0.1) is 16.3 Å². The number of piperazine rings is 1. The number of anilines is 2. The lowest BCUT2D eigenvalue weighted by Gasteiger charge is -2.38. The average molecular weight is 695 g/mol. The molecule has 2 aromatic heterocycles. The number of carboxylic acid groups (broad SMARTS) is 1. The number of halogens is 1. The second kappa shape index (κ2) is 12.5. The Labute approximate surface area is 267 Å². The third-order valence-electron chi connectivity index (χ3n) is 7.61. The Kier molecular flexibility index (Phi) is 8.48. The van der Waals surface area contributed by atoms with Crippen molar-refractivity contribution in [3.63, 3.8) is 0 Å². The van der Waals surface area contributed by atoms with E-state index in [9.17, 15) is 23.1 Å². The fourth-order valence-corrected chi connectivity index (χ4v) is 8.34. The fraction of sp³-hybridized carbons (Fsp3) is 0.188. The van der Waals surface area contributed by atoms with Gasteiger partial charge >= 0.3 is 5.97 Å². The van der Waals surface area contributed by atoms with Crippen LogP contribution in [0.3, 0.4) is 0 Å². The molecule has 0 bridgehead atoms. The molecule has 3 heterocycles. The summed E-state index contributed by atoms with van der Waals surface area (Å²) in [5, 5.41) is 11.7. The topological polar surface area (TPSA) is 111 Å². The molecule has 3 aromatic carbocycles. The van der Waals surface area contributed by atoms with E-state index in [1.807, 2.05) is 64.9 Å². The Hall–Kier alpha value is -4.13. The van der Waals surface area contributed by atoms with Crippen LogP contribution in [0.4, 0.5) is 11.4 Å². The zero-order valence-corrected chi connectivity index (χ0v) is 26.6. The highest BCUT2D eigenvalue weighted by Crippen LogP contribution is 2.35. The first-order valence-electron chi connectivity index (χ1n) is 13.9. The van der Waals surface area contributed by atoms with Gasteiger partial charge in [0.15, 0.2) is 0 Å². The molecule has 1 aliphatic heterocycles. The molecule has 0 atom stereocenters. The van der Waals surface area contributed by atoms with Crippen LogP contribution in [0.5, 0.6) is 0 Å². The van der Waals surface area contributed by atoms with E-state index in [-0.39, 0.29) is 28.7 Å². The molecule has 0 saturated carbocycles. The first kappa shape index (κ1) is 29.9. The lowest BCUT2D eigenvalue weighted by molar-refractivity contribution is 0.0664. The molecule has 1 amide bonds. The number of para-hydroxylation sites is 2. The lowest BCUT2D eigenvalue weighted by Crippen LogP contribution is -2.49. The molecule has 1 saturated heterocycles. The molecule has 1 aliphatic rings. The molecule has 1 fully saturated rings. The molecule has 0 radical (unpaired) electrons. The van der Waals surface area contributed by atoms with Crippen molar-refractivity contribution in [1.29, 1.82) is 0 Å². The minimum absolute atomic E-state index is 0.00362. The Morgan fingerprint density at radius 3 is 2.36 bits per heavy atom. The van der Waals surface area contributed by atoms with E-state index in [4.69, 9.17) is 4.42 Å². The van der Waals surface area contributed by atoms with Crippen LogP contribution in [0.25, 0.3) is 11.0 Å². The fourth-order valence-electron chi connectivity index (χ4n) is 5.33.